The maximum Gasteiger partial charge on any atom is 0.262 e. The second kappa shape index (κ2) is 9.01. The van der Waals surface area contributed by atoms with E-state index < -0.39 is 10.0 Å². The van der Waals surface area contributed by atoms with Crippen LogP contribution in [0.2, 0.25) is 0 Å². The number of anilines is 1. The van der Waals surface area contributed by atoms with Crippen LogP contribution in [0.5, 0.6) is 5.75 Å². The van der Waals surface area contributed by atoms with Crippen molar-refractivity contribution in [3.8, 4) is 5.75 Å². The third-order valence-corrected chi connectivity index (χ3v) is 5.42. The van der Waals surface area contributed by atoms with Gasteiger partial charge >= 0.3 is 0 Å². The Morgan fingerprint density at radius 2 is 1.70 bits per heavy atom. The predicted molar refractivity (Wildman–Crippen MR) is 107 cm³/mol. The van der Waals surface area contributed by atoms with Gasteiger partial charge < -0.3 is 10.1 Å². The first-order valence-electron chi connectivity index (χ1n) is 8.77. The molecule has 0 atom stereocenters. The number of ether oxygens (including phenoxy) is 1. The van der Waals surface area contributed by atoms with Gasteiger partial charge in [-0.1, -0.05) is 19.9 Å². The molecule has 0 spiro atoms. The van der Waals surface area contributed by atoms with E-state index in [0.29, 0.717) is 18.0 Å². The minimum absolute atomic E-state index is 0.162. The Morgan fingerprint density at radius 3 is 2.30 bits per heavy atom. The SMILES string of the molecule is Cc1ccc(NC(=O)COc2ccc(S(=O)(=O)NCC(C)C)cc2)cc1C. The van der Waals surface area contributed by atoms with E-state index in [0.717, 1.165) is 11.1 Å². The normalized spacial score (nSPS) is 11.4. The Balaban J connectivity index is 1.90. The highest BCUT2D eigenvalue weighted by molar-refractivity contribution is 7.89. The lowest BCUT2D eigenvalue weighted by Crippen LogP contribution is -2.27. The summed E-state index contributed by atoms with van der Waals surface area (Å²) < 4.78 is 32.3. The average Bonchev–Trinajstić information content (AvgIpc) is 2.62. The van der Waals surface area contributed by atoms with Gasteiger partial charge in [-0.15, -0.1) is 0 Å². The van der Waals surface area contributed by atoms with Gasteiger partial charge in [0.15, 0.2) is 6.61 Å². The van der Waals surface area contributed by atoms with Crippen molar-refractivity contribution >= 4 is 21.6 Å². The molecule has 0 aromatic heterocycles. The highest BCUT2D eigenvalue weighted by Crippen LogP contribution is 2.17. The van der Waals surface area contributed by atoms with Crippen LogP contribution >= 0.6 is 0 Å². The summed E-state index contributed by atoms with van der Waals surface area (Å²) in [5.74, 6) is 0.361. The van der Waals surface area contributed by atoms with E-state index in [2.05, 4.69) is 10.0 Å². The van der Waals surface area contributed by atoms with E-state index >= 15 is 0 Å². The quantitative estimate of drug-likeness (QED) is 0.725. The fourth-order valence-corrected chi connectivity index (χ4v) is 3.45. The maximum atomic E-state index is 12.2. The Labute approximate surface area is 161 Å². The molecule has 0 fully saturated rings. The molecule has 0 aliphatic heterocycles. The van der Waals surface area contributed by atoms with Crippen molar-refractivity contribution in [2.24, 2.45) is 5.92 Å². The van der Waals surface area contributed by atoms with Gasteiger partial charge in [0.2, 0.25) is 10.0 Å². The zero-order chi connectivity index (χ0) is 20.0. The van der Waals surface area contributed by atoms with Crippen LogP contribution in [0.15, 0.2) is 47.4 Å². The number of hydrogen-bond acceptors (Lipinski definition) is 4. The highest BCUT2D eigenvalue weighted by Gasteiger charge is 2.14. The Kier molecular flexibility index (Phi) is 6.98. The molecule has 0 aliphatic carbocycles. The number of hydrogen-bond donors (Lipinski definition) is 2. The molecule has 0 radical (unpaired) electrons. The molecule has 2 aromatic carbocycles. The topological polar surface area (TPSA) is 84.5 Å². The molecule has 2 N–H and O–H groups in total. The van der Waals surface area contributed by atoms with E-state index in [9.17, 15) is 13.2 Å². The van der Waals surface area contributed by atoms with Crippen LogP contribution in [0.3, 0.4) is 0 Å². The van der Waals surface area contributed by atoms with Crippen molar-refractivity contribution in [2.75, 3.05) is 18.5 Å². The van der Waals surface area contributed by atoms with Crippen LogP contribution in [-0.2, 0) is 14.8 Å². The first-order valence-corrected chi connectivity index (χ1v) is 10.3. The van der Waals surface area contributed by atoms with Crippen molar-refractivity contribution in [3.05, 3.63) is 53.6 Å². The summed E-state index contributed by atoms with van der Waals surface area (Å²) in [5.41, 5.74) is 2.96. The van der Waals surface area contributed by atoms with E-state index in [1.54, 1.807) is 0 Å². The molecule has 0 saturated heterocycles. The standard InChI is InChI=1S/C20H26N2O4S/c1-14(2)12-21-27(24,25)19-9-7-18(8-10-19)26-13-20(23)22-17-6-5-15(3)16(4)11-17/h5-11,14,21H,12-13H2,1-4H3,(H,22,23). The number of nitrogens with one attached hydrogen (secondary N) is 2. The van der Waals surface area contributed by atoms with Crippen molar-refractivity contribution < 1.29 is 17.9 Å². The van der Waals surface area contributed by atoms with Crippen LogP contribution in [0.1, 0.15) is 25.0 Å². The lowest BCUT2D eigenvalue weighted by atomic mass is 10.1. The average molecular weight is 391 g/mol. The summed E-state index contributed by atoms with van der Waals surface area (Å²) in [7, 11) is -3.54. The van der Waals surface area contributed by atoms with Crippen molar-refractivity contribution in [1.29, 1.82) is 0 Å². The second-order valence-electron chi connectivity index (χ2n) is 6.85. The van der Waals surface area contributed by atoms with Crippen LogP contribution in [0.25, 0.3) is 0 Å². The summed E-state index contributed by atoms with van der Waals surface area (Å²) in [4.78, 5) is 12.2. The largest absolute Gasteiger partial charge is 0.484 e. The fraction of sp³-hybridized carbons (Fsp3) is 0.350. The van der Waals surface area contributed by atoms with Crippen LogP contribution in [-0.4, -0.2) is 27.5 Å². The Morgan fingerprint density at radius 1 is 1.04 bits per heavy atom. The molecule has 6 nitrogen and oxygen atoms in total. The third-order valence-electron chi connectivity index (χ3n) is 3.98. The maximum absolute atomic E-state index is 12.2. The molecule has 0 unspecified atom stereocenters. The van der Waals surface area contributed by atoms with Gasteiger partial charge in [-0.3, -0.25) is 4.79 Å². The summed E-state index contributed by atoms with van der Waals surface area (Å²) in [5, 5.41) is 2.77. The fourth-order valence-electron chi connectivity index (χ4n) is 2.24. The number of carbonyl (C=O) groups is 1. The summed E-state index contributed by atoms with van der Waals surface area (Å²) in [6.07, 6.45) is 0. The number of amides is 1. The molecule has 1 amide bonds. The van der Waals surface area contributed by atoms with Crippen LogP contribution in [0.4, 0.5) is 5.69 Å². The molecule has 27 heavy (non-hydrogen) atoms. The van der Waals surface area contributed by atoms with Gasteiger partial charge in [-0.2, -0.15) is 0 Å². The van der Waals surface area contributed by atoms with Crippen molar-refractivity contribution in [1.82, 2.24) is 4.72 Å². The van der Waals surface area contributed by atoms with Gasteiger partial charge in [0, 0.05) is 12.2 Å². The van der Waals surface area contributed by atoms with Crippen molar-refractivity contribution in [2.45, 2.75) is 32.6 Å². The molecule has 7 heteroatoms. The van der Waals surface area contributed by atoms with Crippen molar-refractivity contribution in [3.63, 3.8) is 0 Å². The number of rotatable bonds is 8. The molecule has 2 rings (SSSR count). The van der Waals surface area contributed by atoms with Gasteiger partial charge in [0.05, 0.1) is 4.90 Å². The molecular weight excluding hydrogens is 364 g/mol. The van der Waals surface area contributed by atoms with Gasteiger partial charge in [0.25, 0.3) is 5.91 Å². The summed E-state index contributed by atoms with van der Waals surface area (Å²) >= 11 is 0. The smallest absolute Gasteiger partial charge is 0.262 e. The minimum atomic E-state index is -3.54. The molecule has 2 aromatic rings. The molecule has 0 saturated carbocycles. The number of benzene rings is 2. The predicted octanol–water partition coefficient (Wildman–Crippen LogP) is 3.26. The first-order chi connectivity index (χ1) is 12.7. The Hall–Kier alpha value is -2.38. The summed E-state index contributed by atoms with van der Waals surface area (Å²) in [6.45, 7) is 8.06. The number of carbonyl (C=O) groups excluding carboxylic acids is 1. The lowest BCUT2D eigenvalue weighted by Gasteiger charge is -2.11. The van der Waals surface area contributed by atoms with Gasteiger partial charge in [-0.05, 0) is 67.3 Å². The number of sulfonamides is 1. The van der Waals surface area contributed by atoms with E-state index in [4.69, 9.17) is 4.74 Å². The van der Waals surface area contributed by atoms with Crippen LogP contribution < -0.4 is 14.8 Å². The zero-order valence-corrected chi connectivity index (χ0v) is 16.9. The monoisotopic (exact) mass is 390 g/mol. The molecule has 0 bridgehead atoms. The second-order valence-corrected chi connectivity index (χ2v) is 8.62. The van der Waals surface area contributed by atoms with Gasteiger partial charge in [-0.25, -0.2) is 13.1 Å². The first kappa shape index (κ1) is 20.9. The zero-order valence-electron chi connectivity index (χ0n) is 16.1. The van der Waals surface area contributed by atoms with Crippen LogP contribution in [0, 0.1) is 19.8 Å². The molecule has 0 aliphatic rings. The Bertz CT molecular complexity index is 891. The third kappa shape index (κ3) is 6.37. The van der Waals surface area contributed by atoms with E-state index in [-0.39, 0.29) is 23.3 Å². The van der Waals surface area contributed by atoms with E-state index in [1.165, 1.54) is 24.3 Å². The molecular formula is C20H26N2O4S. The minimum Gasteiger partial charge on any atom is -0.484 e. The molecule has 0 heterocycles. The van der Waals surface area contributed by atoms with Gasteiger partial charge in [0.1, 0.15) is 5.75 Å². The summed E-state index contributed by atoms with van der Waals surface area (Å²) in [6, 6.07) is 11.7. The highest BCUT2D eigenvalue weighted by atomic mass is 32.2. The molecule has 146 valence electrons. The number of aryl methyl sites for hydroxylation is 2. The van der Waals surface area contributed by atoms with E-state index in [1.807, 2.05) is 45.9 Å². The lowest BCUT2D eigenvalue weighted by molar-refractivity contribution is -0.118.